The van der Waals surface area contributed by atoms with E-state index >= 15 is 0 Å². The zero-order valence-electron chi connectivity index (χ0n) is 15.7. The quantitative estimate of drug-likeness (QED) is 0.810. The second-order valence-electron chi connectivity index (χ2n) is 7.62. The van der Waals surface area contributed by atoms with Crippen LogP contribution in [0.2, 0.25) is 0 Å². The summed E-state index contributed by atoms with van der Waals surface area (Å²) in [5, 5.41) is 8.13. The molecule has 2 saturated carbocycles. The van der Waals surface area contributed by atoms with Crippen LogP contribution in [0.1, 0.15) is 75.5 Å². The molecular formula is C20H31N3O2. The van der Waals surface area contributed by atoms with Crippen LogP contribution in [0.4, 0.5) is 0 Å². The van der Waals surface area contributed by atoms with E-state index in [9.17, 15) is 4.79 Å². The van der Waals surface area contributed by atoms with Gasteiger partial charge in [-0.1, -0.05) is 38.5 Å². The lowest BCUT2D eigenvalue weighted by atomic mass is 9.88. The average Bonchev–Trinajstić information content (AvgIpc) is 2.65. The van der Waals surface area contributed by atoms with Gasteiger partial charge in [-0.05, 0) is 45.1 Å². The van der Waals surface area contributed by atoms with Crippen molar-refractivity contribution in [3.63, 3.8) is 0 Å². The highest BCUT2D eigenvalue weighted by Crippen LogP contribution is 2.30. The fourth-order valence-electron chi connectivity index (χ4n) is 4.23. The highest BCUT2D eigenvalue weighted by molar-refractivity contribution is 5.78. The number of carbonyl (C=O) groups is 1. The Morgan fingerprint density at radius 3 is 2.08 bits per heavy atom. The highest BCUT2D eigenvalue weighted by atomic mass is 16.5. The van der Waals surface area contributed by atoms with Crippen molar-refractivity contribution >= 4 is 5.91 Å². The molecule has 0 radical (unpaired) electrons. The third-order valence-corrected chi connectivity index (χ3v) is 5.78. The van der Waals surface area contributed by atoms with Gasteiger partial charge in [0, 0.05) is 18.2 Å². The zero-order chi connectivity index (χ0) is 17.6. The first-order chi connectivity index (χ1) is 12.1. The van der Waals surface area contributed by atoms with Crippen molar-refractivity contribution in [3.8, 4) is 5.88 Å². The van der Waals surface area contributed by atoms with Crippen molar-refractivity contribution in [2.24, 2.45) is 0 Å². The van der Waals surface area contributed by atoms with E-state index in [2.05, 4.69) is 15.1 Å². The predicted octanol–water partition coefficient (Wildman–Crippen LogP) is 3.97. The second-order valence-corrected chi connectivity index (χ2v) is 7.62. The lowest BCUT2D eigenvalue weighted by Gasteiger charge is -2.41. The lowest BCUT2D eigenvalue weighted by molar-refractivity contribution is -0.140. The second kappa shape index (κ2) is 8.63. The molecule has 138 valence electrons. The molecule has 5 heteroatoms. The normalized spacial score (nSPS) is 19.6. The predicted molar refractivity (Wildman–Crippen MR) is 97.6 cm³/mol. The average molecular weight is 345 g/mol. The Morgan fingerprint density at radius 2 is 1.56 bits per heavy atom. The Balaban J connectivity index is 1.65. The summed E-state index contributed by atoms with van der Waals surface area (Å²) in [4.78, 5) is 15.2. The minimum Gasteiger partial charge on any atom is -0.466 e. The molecule has 0 saturated heterocycles. The van der Waals surface area contributed by atoms with Crippen LogP contribution in [0.15, 0.2) is 6.07 Å². The number of rotatable bonds is 5. The molecule has 0 aliphatic heterocycles. The molecule has 5 nitrogen and oxygen atoms in total. The molecule has 25 heavy (non-hydrogen) atoms. The molecule has 0 atom stereocenters. The summed E-state index contributed by atoms with van der Waals surface area (Å²) in [6.07, 6.45) is 12.1. The standard InChI is InChI=1S/C20H31N3O2/c1-15-13-19(22-21-16(15)2)25-14-20(24)23(17-9-5-3-6-10-17)18-11-7-4-8-12-18/h13,17-18H,3-12,14H2,1-2H3. The summed E-state index contributed by atoms with van der Waals surface area (Å²) in [5.41, 5.74) is 1.93. The fraction of sp³-hybridized carbons (Fsp3) is 0.750. The molecule has 1 aromatic heterocycles. The zero-order valence-corrected chi connectivity index (χ0v) is 15.7. The van der Waals surface area contributed by atoms with Crippen molar-refractivity contribution in [1.29, 1.82) is 0 Å². The number of ether oxygens (including phenoxy) is 1. The van der Waals surface area contributed by atoms with Gasteiger partial charge < -0.3 is 9.64 Å². The van der Waals surface area contributed by atoms with E-state index in [0.717, 1.165) is 36.9 Å². The summed E-state index contributed by atoms with van der Waals surface area (Å²) in [7, 11) is 0. The van der Waals surface area contributed by atoms with Crippen LogP contribution in [-0.4, -0.2) is 39.7 Å². The van der Waals surface area contributed by atoms with Gasteiger partial charge in [0.25, 0.3) is 5.91 Å². The molecular weight excluding hydrogens is 314 g/mol. The Labute approximate surface area is 151 Å². The van der Waals surface area contributed by atoms with Crippen molar-refractivity contribution in [1.82, 2.24) is 15.1 Å². The van der Waals surface area contributed by atoms with Gasteiger partial charge in [0.1, 0.15) is 0 Å². The van der Waals surface area contributed by atoms with Gasteiger partial charge in [0.05, 0.1) is 5.69 Å². The van der Waals surface area contributed by atoms with E-state index in [1.807, 2.05) is 19.9 Å². The van der Waals surface area contributed by atoms with Gasteiger partial charge in [-0.2, -0.15) is 5.10 Å². The lowest BCUT2D eigenvalue weighted by Crippen LogP contribution is -2.50. The summed E-state index contributed by atoms with van der Waals surface area (Å²) in [6.45, 7) is 3.98. The fourth-order valence-corrected chi connectivity index (χ4v) is 4.23. The molecule has 1 aromatic rings. The third-order valence-electron chi connectivity index (χ3n) is 5.78. The molecule has 2 fully saturated rings. The smallest absolute Gasteiger partial charge is 0.261 e. The van der Waals surface area contributed by atoms with E-state index in [-0.39, 0.29) is 12.5 Å². The first kappa shape index (κ1) is 18.2. The first-order valence-corrected chi connectivity index (χ1v) is 9.90. The SMILES string of the molecule is Cc1cc(OCC(=O)N(C2CCCCC2)C2CCCCC2)nnc1C. The van der Waals surface area contributed by atoms with Crippen LogP contribution in [-0.2, 0) is 4.79 Å². The Morgan fingerprint density at radius 1 is 1.00 bits per heavy atom. The van der Waals surface area contributed by atoms with E-state index in [4.69, 9.17) is 4.74 Å². The molecule has 1 amide bonds. The number of aromatic nitrogens is 2. The summed E-state index contributed by atoms with van der Waals surface area (Å²) < 4.78 is 5.70. The number of nitrogens with zero attached hydrogens (tertiary/aromatic N) is 3. The topological polar surface area (TPSA) is 55.3 Å². The van der Waals surface area contributed by atoms with E-state index < -0.39 is 0 Å². The van der Waals surface area contributed by atoms with Crippen LogP contribution in [0.5, 0.6) is 5.88 Å². The van der Waals surface area contributed by atoms with Crippen LogP contribution < -0.4 is 4.74 Å². The Hall–Kier alpha value is -1.65. The van der Waals surface area contributed by atoms with Crippen molar-refractivity contribution in [2.45, 2.75) is 90.1 Å². The molecule has 0 unspecified atom stereocenters. The molecule has 0 N–H and O–H groups in total. The molecule has 0 bridgehead atoms. The molecule has 0 spiro atoms. The monoisotopic (exact) mass is 345 g/mol. The first-order valence-electron chi connectivity index (χ1n) is 9.90. The Bertz CT molecular complexity index is 560. The van der Waals surface area contributed by atoms with E-state index in [1.165, 1.54) is 38.5 Å². The molecule has 2 aliphatic rings. The van der Waals surface area contributed by atoms with Gasteiger partial charge in [-0.15, -0.1) is 5.10 Å². The maximum Gasteiger partial charge on any atom is 0.261 e. The van der Waals surface area contributed by atoms with Crippen molar-refractivity contribution < 1.29 is 9.53 Å². The largest absolute Gasteiger partial charge is 0.466 e. The third kappa shape index (κ3) is 4.71. The van der Waals surface area contributed by atoms with Gasteiger partial charge in [-0.3, -0.25) is 4.79 Å². The van der Waals surface area contributed by atoms with Gasteiger partial charge in [0.15, 0.2) is 6.61 Å². The van der Waals surface area contributed by atoms with Gasteiger partial charge in [0.2, 0.25) is 5.88 Å². The van der Waals surface area contributed by atoms with Crippen LogP contribution >= 0.6 is 0 Å². The number of hydrogen-bond donors (Lipinski definition) is 0. The van der Waals surface area contributed by atoms with Crippen LogP contribution in [0.3, 0.4) is 0 Å². The van der Waals surface area contributed by atoms with E-state index in [1.54, 1.807) is 0 Å². The summed E-state index contributed by atoms with van der Waals surface area (Å²) >= 11 is 0. The molecule has 2 aliphatic carbocycles. The summed E-state index contributed by atoms with van der Waals surface area (Å²) in [6, 6.07) is 2.67. The minimum absolute atomic E-state index is 0.0736. The number of carbonyl (C=O) groups excluding carboxylic acids is 1. The number of hydrogen-bond acceptors (Lipinski definition) is 4. The maximum atomic E-state index is 13.0. The van der Waals surface area contributed by atoms with Crippen molar-refractivity contribution in [2.75, 3.05) is 6.61 Å². The summed E-state index contributed by atoms with van der Waals surface area (Å²) in [5.74, 6) is 0.572. The maximum absolute atomic E-state index is 13.0. The molecule has 3 rings (SSSR count). The van der Waals surface area contributed by atoms with Gasteiger partial charge >= 0.3 is 0 Å². The highest BCUT2D eigenvalue weighted by Gasteiger charge is 2.32. The number of amides is 1. The van der Waals surface area contributed by atoms with Crippen LogP contribution in [0.25, 0.3) is 0 Å². The number of aryl methyl sites for hydroxylation is 2. The minimum atomic E-state index is 0.0736. The molecule has 1 heterocycles. The molecule has 0 aromatic carbocycles. The Kier molecular flexibility index (Phi) is 6.27. The van der Waals surface area contributed by atoms with Crippen molar-refractivity contribution in [3.05, 3.63) is 17.3 Å². The van der Waals surface area contributed by atoms with Gasteiger partial charge in [-0.25, -0.2) is 0 Å². The van der Waals surface area contributed by atoms with E-state index in [0.29, 0.717) is 18.0 Å². The van der Waals surface area contributed by atoms with Crippen LogP contribution in [0, 0.1) is 13.8 Å².